The number of alkyl halides is 3. The van der Waals surface area contributed by atoms with Gasteiger partial charge in [-0.15, -0.1) is 0 Å². The number of hydrogen-bond donors (Lipinski definition) is 1. The van der Waals surface area contributed by atoms with Crippen LogP contribution in [0.25, 0.3) is 11.3 Å². The Morgan fingerprint density at radius 3 is 2.50 bits per heavy atom. The van der Waals surface area contributed by atoms with E-state index in [2.05, 4.69) is 10.3 Å². The highest BCUT2D eigenvalue weighted by molar-refractivity contribution is 6.30. The van der Waals surface area contributed by atoms with Crippen molar-refractivity contribution in [3.05, 3.63) is 64.9 Å². The second-order valence-electron chi connectivity index (χ2n) is 12.1. The standard InChI is InChI=1S/C33H35ClF3N7O4/c1-4-21-16-43-22(18-44(32(43)47)26-10-8-19(34)13-24(26)33(35,36)37)17-42(21)27-11-9-25(23-7-6-12-38-31(23)48-5-2)40-29(27)30(46)39-20-14-28(45)41(3)15-20/h6-13,20-22H,4-5,14-18H2,1-3H3,(H,39,46)/t20-,21-,22+/m1/s1. The van der Waals surface area contributed by atoms with Crippen molar-refractivity contribution in [2.75, 3.05) is 49.6 Å². The fraction of sp³-hybridized carbons (Fsp3) is 0.424. The van der Waals surface area contributed by atoms with Crippen molar-refractivity contribution in [3.63, 3.8) is 0 Å². The molecule has 3 aliphatic heterocycles. The molecule has 11 nitrogen and oxygen atoms in total. The first-order valence-electron chi connectivity index (χ1n) is 15.7. The third-order valence-electron chi connectivity index (χ3n) is 9.00. The number of likely N-dealkylation sites (N-methyl/N-ethyl adjacent to an activating group) is 1. The number of aromatic nitrogens is 2. The number of halogens is 4. The van der Waals surface area contributed by atoms with Gasteiger partial charge in [0.1, 0.15) is 0 Å². The molecule has 2 aromatic heterocycles. The van der Waals surface area contributed by atoms with Gasteiger partial charge in [0.2, 0.25) is 11.8 Å². The zero-order valence-electron chi connectivity index (χ0n) is 26.6. The molecule has 6 rings (SSSR count). The minimum absolute atomic E-state index is 0.00738. The lowest BCUT2D eigenvalue weighted by Crippen LogP contribution is -2.58. The average Bonchev–Trinajstić information content (AvgIpc) is 3.55. The number of rotatable bonds is 8. The second kappa shape index (κ2) is 13.1. The van der Waals surface area contributed by atoms with Crippen LogP contribution in [0.1, 0.15) is 42.7 Å². The van der Waals surface area contributed by atoms with Crippen molar-refractivity contribution in [2.45, 2.75) is 51.0 Å². The molecule has 3 atom stereocenters. The summed E-state index contributed by atoms with van der Waals surface area (Å²) in [5.74, 6) is -0.190. The van der Waals surface area contributed by atoms with Crippen LogP contribution >= 0.6 is 11.6 Å². The van der Waals surface area contributed by atoms with E-state index >= 15 is 0 Å². The van der Waals surface area contributed by atoms with Crippen LogP contribution in [0.2, 0.25) is 5.02 Å². The normalized spacial score (nSPS) is 21.2. The lowest BCUT2D eigenvalue weighted by Gasteiger charge is -2.44. The van der Waals surface area contributed by atoms with Gasteiger partial charge in [0.05, 0.1) is 46.9 Å². The summed E-state index contributed by atoms with van der Waals surface area (Å²) in [6, 6.07) is 8.82. The van der Waals surface area contributed by atoms with Gasteiger partial charge in [0.15, 0.2) is 5.69 Å². The molecule has 3 saturated heterocycles. The Hall–Kier alpha value is -4.59. The van der Waals surface area contributed by atoms with Gasteiger partial charge in [-0.25, -0.2) is 14.8 Å². The molecule has 3 aromatic rings. The molecule has 5 heterocycles. The molecule has 1 aromatic carbocycles. The average molecular weight is 686 g/mol. The lowest BCUT2D eigenvalue weighted by molar-refractivity contribution is -0.137. The van der Waals surface area contributed by atoms with Gasteiger partial charge in [0, 0.05) is 56.9 Å². The van der Waals surface area contributed by atoms with E-state index in [9.17, 15) is 27.6 Å². The van der Waals surface area contributed by atoms with Gasteiger partial charge in [-0.2, -0.15) is 13.2 Å². The number of carbonyl (C=O) groups is 3. The summed E-state index contributed by atoms with van der Waals surface area (Å²) in [5, 5.41) is 2.89. The summed E-state index contributed by atoms with van der Waals surface area (Å²) in [7, 11) is 1.68. The highest BCUT2D eigenvalue weighted by atomic mass is 35.5. The van der Waals surface area contributed by atoms with E-state index in [1.807, 2.05) is 18.7 Å². The Bertz CT molecular complexity index is 1740. The summed E-state index contributed by atoms with van der Waals surface area (Å²) in [6.45, 7) is 5.00. The van der Waals surface area contributed by atoms with Gasteiger partial charge in [-0.3, -0.25) is 14.5 Å². The first-order valence-corrected chi connectivity index (χ1v) is 16.1. The maximum atomic E-state index is 14.0. The minimum Gasteiger partial charge on any atom is -0.477 e. The first kappa shape index (κ1) is 33.3. The van der Waals surface area contributed by atoms with Crippen LogP contribution in [0.4, 0.5) is 29.3 Å². The molecule has 0 spiro atoms. The maximum absolute atomic E-state index is 14.0. The monoisotopic (exact) mass is 685 g/mol. The molecule has 3 aliphatic rings. The van der Waals surface area contributed by atoms with Crippen LogP contribution in [-0.4, -0.2) is 95.6 Å². The lowest BCUT2D eigenvalue weighted by atomic mass is 10.0. The highest BCUT2D eigenvalue weighted by Gasteiger charge is 2.47. The predicted molar refractivity (Wildman–Crippen MR) is 173 cm³/mol. The number of urea groups is 1. The quantitative estimate of drug-likeness (QED) is 0.352. The van der Waals surface area contributed by atoms with E-state index in [4.69, 9.17) is 21.3 Å². The third-order valence-corrected chi connectivity index (χ3v) is 9.23. The number of pyridine rings is 2. The van der Waals surface area contributed by atoms with Crippen LogP contribution in [0.3, 0.4) is 0 Å². The van der Waals surface area contributed by atoms with E-state index in [0.717, 1.165) is 11.0 Å². The molecule has 0 aliphatic carbocycles. The molecule has 0 saturated carbocycles. The van der Waals surface area contributed by atoms with Crippen LogP contribution in [0, 0.1) is 0 Å². The van der Waals surface area contributed by atoms with Crippen LogP contribution < -0.4 is 19.9 Å². The summed E-state index contributed by atoms with van der Waals surface area (Å²) in [4.78, 5) is 55.3. The molecule has 0 radical (unpaired) electrons. The van der Waals surface area contributed by atoms with E-state index < -0.39 is 35.8 Å². The van der Waals surface area contributed by atoms with Crippen molar-refractivity contribution in [2.24, 2.45) is 0 Å². The zero-order valence-corrected chi connectivity index (χ0v) is 27.4. The number of ether oxygens (including phenoxy) is 1. The summed E-state index contributed by atoms with van der Waals surface area (Å²) in [5.41, 5.74) is 0.435. The summed E-state index contributed by atoms with van der Waals surface area (Å²) < 4.78 is 47.8. The Balaban J connectivity index is 1.36. The number of fused-ring (bicyclic) bond motifs is 1. The van der Waals surface area contributed by atoms with Gasteiger partial charge < -0.3 is 24.8 Å². The molecular formula is C33H35ClF3N7O4. The molecule has 0 bridgehead atoms. The molecule has 15 heteroatoms. The number of benzene rings is 1. The number of likely N-dealkylation sites (tertiary alicyclic amines) is 1. The van der Waals surface area contributed by atoms with E-state index in [-0.39, 0.29) is 54.4 Å². The fourth-order valence-corrected chi connectivity index (χ4v) is 6.82. The number of amides is 4. The largest absolute Gasteiger partial charge is 0.477 e. The van der Waals surface area contributed by atoms with Gasteiger partial charge in [-0.1, -0.05) is 18.5 Å². The molecule has 1 N–H and O–H groups in total. The van der Waals surface area contributed by atoms with Crippen LogP contribution in [0.15, 0.2) is 48.7 Å². The molecular weight excluding hydrogens is 651 g/mol. The van der Waals surface area contributed by atoms with E-state index in [0.29, 0.717) is 42.4 Å². The van der Waals surface area contributed by atoms with Gasteiger partial charge in [-0.05, 0) is 55.8 Å². The fourth-order valence-electron chi connectivity index (χ4n) is 6.65. The van der Waals surface area contributed by atoms with Crippen molar-refractivity contribution in [3.8, 4) is 17.1 Å². The molecule has 3 fully saturated rings. The second-order valence-corrected chi connectivity index (χ2v) is 12.5. The molecule has 4 amide bonds. The minimum atomic E-state index is -4.72. The predicted octanol–water partition coefficient (Wildman–Crippen LogP) is 5.08. The Morgan fingerprint density at radius 2 is 1.81 bits per heavy atom. The number of nitrogens with zero attached hydrogens (tertiary/aromatic N) is 6. The molecule has 254 valence electrons. The number of hydrogen-bond acceptors (Lipinski definition) is 7. The number of piperazine rings is 1. The zero-order chi connectivity index (χ0) is 34.3. The van der Waals surface area contributed by atoms with Crippen LogP contribution in [-0.2, 0) is 11.0 Å². The van der Waals surface area contributed by atoms with E-state index in [1.165, 1.54) is 12.1 Å². The first-order chi connectivity index (χ1) is 22.9. The Morgan fingerprint density at radius 1 is 1.04 bits per heavy atom. The maximum Gasteiger partial charge on any atom is 0.418 e. The topological polar surface area (TPSA) is 111 Å². The molecule has 48 heavy (non-hydrogen) atoms. The number of anilines is 2. The van der Waals surface area contributed by atoms with Crippen molar-refractivity contribution < 1.29 is 32.3 Å². The van der Waals surface area contributed by atoms with Crippen molar-refractivity contribution >= 4 is 40.8 Å². The highest BCUT2D eigenvalue weighted by Crippen LogP contribution is 2.41. The Labute approximate surface area is 280 Å². The van der Waals surface area contributed by atoms with Gasteiger partial charge >= 0.3 is 12.2 Å². The van der Waals surface area contributed by atoms with Crippen LogP contribution in [0.5, 0.6) is 5.88 Å². The third kappa shape index (κ3) is 6.32. The van der Waals surface area contributed by atoms with Crippen molar-refractivity contribution in [1.82, 2.24) is 25.1 Å². The SMILES string of the molecule is CCOc1ncccc1-c1ccc(N2C[C@H]3CN(c4ccc(Cl)cc4C(F)(F)F)C(=O)N3C[C@H]2CC)c(C(=O)N[C@@H]2CC(=O)N(C)C2)n1. The summed E-state index contributed by atoms with van der Waals surface area (Å²) >= 11 is 5.91. The van der Waals surface area contributed by atoms with E-state index in [1.54, 1.807) is 47.3 Å². The molecule has 0 unspecified atom stereocenters. The number of carbonyl (C=O) groups excluding carboxylic acids is 3. The Kier molecular flexibility index (Phi) is 9.12. The smallest absolute Gasteiger partial charge is 0.418 e. The number of nitrogens with one attached hydrogen (secondary N) is 1. The summed E-state index contributed by atoms with van der Waals surface area (Å²) in [6.07, 6.45) is -2.38. The van der Waals surface area contributed by atoms with Crippen molar-refractivity contribution in [1.29, 1.82) is 0 Å². The van der Waals surface area contributed by atoms with Gasteiger partial charge in [0.25, 0.3) is 5.91 Å².